The Bertz CT molecular complexity index is 330. The van der Waals surface area contributed by atoms with Crippen molar-refractivity contribution in [2.45, 2.75) is 19.1 Å². The molecular formula is C13H21NO3. The van der Waals surface area contributed by atoms with E-state index in [2.05, 4.69) is 5.32 Å². The molecule has 0 saturated heterocycles. The van der Waals surface area contributed by atoms with E-state index in [1.807, 2.05) is 31.2 Å². The van der Waals surface area contributed by atoms with E-state index < -0.39 is 6.10 Å². The molecule has 1 aromatic carbocycles. The molecule has 0 aliphatic carbocycles. The molecule has 0 aromatic heterocycles. The fourth-order valence-corrected chi connectivity index (χ4v) is 1.59. The predicted octanol–water partition coefficient (Wildman–Crippen LogP) is 1.35. The fraction of sp³-hybridized carbons (Fsp3) is 0.538. The van der Waals surface area contributed by atoms with Gasteiger partial charge < -0.3 is 19.9 Å². The van der Waals surface area contributed by atoms with Crippen LogP contribution in [-0.2, 0) is 4.74 Å². The summed E-state index contributed by atoms with van der Waals surface area (Å²) in [4.78, 5) is 0. The lowest BCUT2D eigenvalue weighted by Crippen LogP contribution is -2.33. The molecule has 1 rings (SSSR count). The highest BCUT2D eigenvalue weighted by molar-refractivity contribution is 5.29. The zero-order chi connectivity index (χ0) is 12.7. The maximum atomic E-state index is 10.00. The minimum Gasteiger partial charge on any atom is -0.497 e. The Labute approximate surface area is 103 Å². The van der Waals surface area contributed by atoms with Gasteiger partial charge in [-0.2, -0.15) is 0 Å². The molecule has 2 unspecified atom stereocenters. The van der Waals surface area contributed by atoms with Crippen LogP contribution in [0.2, 0.25) is 0 Å². The molecule has 4 heteroatoms. The number of aliphatic hydroxyl groups is 1. The lowest BCUT2D eigenvalue weighted by molar-refractivity contribution is 0.143. The van der Waals surface area contributed by atoms with Crippen molar-refractivity contribution in [2.75, 3.05) is 27.4 Å². The monoisotopic (exact) mass is 239 g/mol. The molecular weight excluding hydrogens is 218 g/mol. The van der Waals surface area contributed by atoms with Gasteiger partial charge in [-0.15, -0.1) is 0 Å². The standard InChI is InChI=1S/C13H21NO3/c1-10(9-16-2)14-8-13(15)11-5-4-6-12(7-11)17-3/h4-7,10,13-15H,8-9H2,1-3H3. The summed E-state index contributed by atoms with van der Waals surface area (Å²) in [6.07, 6.45) is -0.538. The molecule has 0 radical (unpaired) electrons. The van der Waals surface area contributed by atoms with Gasteiger partial charge in [0.25, 0.3) is 0 Å². The molecule has 0 bridgehead atoms. The number of hydrogen-bond donors (Lipinski definition) is 2. The number of aliphatic hydroxyl groups excluding tert-OH is 1. The fourth-order valence-electron chi connectivity index (χ4n) is 1.59. The second-order valence-electron chi connectivity index (χ2n) is 4.06. The van der Waals surface area contributed by atoms with Gasteiger partial charge >= 0.3 is 0 Å². The first kappa shape index (κ1) is 14.0. The Morgan fingerprint density at radius 2 is 2.12 bits per heavy atom. The molecule has 0 heterocycles. The predicted molar refractivity (Wildman–Crippen MR) is 67.3 cm³/mol. The van der Waals surface area contributed by atoms with E-state index in [4.69, 9.17) is 9.47 Å². The molecule has 0 saturated carbocycles. The van der Waals surface area contributed by atoms with E-state index in [0.717, 1.165) is 11.3 Å². The molecule has 0 aliphatic rings. The molecule has 96 valence electrons. The normalized spacial score (nSPS) is 14.4. The smallest absolute Gasteiger partial charge is 0.119 e. The summed E-state index contributed by atoms with van der Waals surface area (Å²) in [6.45, 7) is 3.14. The Kier molecular flexibility index (Phi) is 5.97. The highest BCUT2D eigenvalue weighted by Crippen LogP contribution is 2.18. The number of rotatable bonds is 7. The third-order valence-corrected chi connectivity index (χ3v) is 2.55. The Balaban J connectivity index is 2.48. The zero-order valence-corrected chi connectivity index (χ0v) is 10.6. The van der Waals surface area contributed by atoms with Crippen molar-refractivity contribution in [1.29, 1.82) is 0 Å². The zero-order valence-electron chi connectivity index (χ0n) is 10.6. The molecule has 1 aromatic rings. The first-order chi connectivity index (χ1) is 8.17. The third kappa shape index (κ3) is 4.73. The van der Waals surface area contributed by atoms with Crippen LogP contribution in [0.1, 0.15) is 18.6 Å². The number of ether oxygens (including phenoxy) is 2. The number of nitrogens with one attached hydrogen (secondary N) is 1. The topological polar surface area (TPSA) is 50.7 Å². The van der Waals surface area contributed by atoms with Crippen LogP contribution in [0.5, 0.6) is 5.75 Å². The first-order valence-electron chi connectivity index (χ1n) is 5.71. The van der Waals surface area contributed by atoms with Crippen molar-refractivity contribution in [1.82, 2.24) is 5.32 Å². The molecule has 0 amide bonds. The number of methoxy groups -OCH3 is 2. The van der Waals surface area contributed by atoms with Crippen LogP contribution >= 0.6 is 0 Å². The number of hydrogen-bond acceptors (Lipinski definition) is 4. The van der Waals surface area contributed by atoms with E-state index in [-0.39, 0.29) is 6.04 Å². The third-order valence-electron chi connectivity index (χ3n) is 2.55. The Morgan fingerprint density at radius 1 is 1.35 bits per heavy atom. The minimum absolute atomic E-state index is 0.222. The molecule has 0 aliphatic heterocycles. The van der Waals surface area contributed by atoms with Gasteiger partial charge in [-0.05, 0) is 24.6 Å². The van der Waals surface area contributed by atoms with Crippen molar-refractivity contribution in [3.8, 4) is 5.75 Å². The first-order valence-corrected chi connectivity index (χ1v) is 5.71. The maximum absolute atomic E-state index is 10.00. The van der Waals surface area contributed by atoms with Crippen LogP contribution < -0.4 is 10.1 Å². The van der Waals surface area contributed by atoms with Gasteiger partial charge in [-0.3, -0.25) is 0 Å². The second-order valence-corrected chi connectivity index (χ2v) is 4.06. The van der Waals surface area contributed by atoms with Crippen LogP contribution in [-0.4, -0.2) is 38.5 Å². The van der Waals surface area contributed by atoms with E-state index >= 15 is 0 Å². The summed E-state index contributed by atoms with van der Waals surface area (Å²) < 4.78 is 10.1. The lowest BCUT2D eigenvalue weighted by Gasteiger charge is -2.17. The highest BCUT2D eigenvalue weighted by atomic mass is 16.5. The van der Waals surface area contributed by atoms with Crippen LogP contribution in [0.15, 0.2) is 24.3 Å². The van der Waals surface area contributed by atoms with Crippen molar-refractivity contribution in [3.05, 3.63) is 29.8 Å². The van der Waals surface area contributed by atoms with Gasteiger partial charge in [0.2, 0.25) is 0 Å². The van der Waals surface area contributed by atoms with Crippen LogP contribution in [0.25, 0.3) is 0 Å². The summed E-state index contributed by atoms with van der Waals surface area (Å²) in [7, 11) is 3.28. The Morgan fingerprint density at radius 3 is 2.76 bits per heavy atom. The minimum atomic E-state index is -0.538. The van der Waals surface area contributed by atoms with Crippen molar-refractivity contribution in [3.63, 3.8) is 0 Å². The van der Waals surface area contributed by atoms with Gasteiger partial charge in [0.15, 0.2) is 0 Å². The average Bonchev–Trinajstić information content (AvgIpc) is 2.36. The van der Waals surface area contributed by atoms with E-state index in [9.17, 15) is 5.11 Å². The second kappa shape index (κ2) is 7.27. The van der Waals surface area contributed by atoms with Gasteiger partial charge in [-0.25, -0.2) is 0 Å². The van der Waals surface area contributed by atoms with Crippen molar-refractivity contribution < 1.29 is 14.6 Å². The maximum Gasteiger partial charge on any atom is 0.119 e. The van der Waals surface area contributed by atoms with Crippen LogP contribution in [0.3, 0.4) is 0 Å². The van der Waals surface area contributed by atoms with Gasteiger partial charge in [0, 0.05) is 19.7 Å². The summed E-state index contributed by atoms with van der Waals surface area (Å²) in [5.74, 6) is 0.756. The molecule has 0 fully saturated rings. The SMILES string of the molecule is COCC(C)NCC(O)c1cccc(OC)c1. The molecule has 17 heavy (non-hydrogen) atoms. The average molecular weight is 239 g/mol. The highest BCUT2D eigenvalue weighted by Gasteiger charge is 2.09. The van der Waals surface area contributed by atoms with Crippen molar-refractivity contribution >= 4 is 0 Å². The summed E-state index contributed by atoms with van der Waals surface area (Å²) in [6, 6.07) is 7.68. The van der Waals surface area contributed by atoms with Crippen LogP contribution in [0.4, 0.5) is 0 Å². The molecule has 2 N–H and O–H groups in total. The molecule has 4 nitrogen and oxygen atoms in total. The summed E-state index contributed by atoms with van der Waals surface area (Å²) in [5, 5.41) is 13.2. The van der Waals surface area contributed by atoms with E-state index in [1.54, 1.807) is 14.2 Å². The quantitative estimate of drug-likeness (QED) is 0.754. The summed E-state index contributed by atoms with van der Waals surface area (Å²) in [5.41, 5.74) is 0.849. The van der Waals surface area contributed by atoms with E-state index in [1.165, 1.54) is 0 Å². The van der Waals surface area contributed by atoms with Crippen molar-refractivity contribution in [2.24, 2.45) is 0 Å². The van der Waals surface area contributed by atoms with E-state index in [0.29, 0.717) is 13.2 Å². The largest absolute Gasteiger partial charge is 0.497 e. The summed E-state index contributed by atoms with van der Waals surface area (Å²) >= 11 is 0. The Hall–Kier alpha value is -1.10. The van der Waals surface area contributed by atoms with Gasteiger partial charge in [-0.1, -0.05) is 12.1 Å². The molecule has 0 spiro atoms. The van der Waals surface area contributed by atoms with Gasteiger partial charge in [0.05, 0.1) is 19.8 Å². The number of benzene rings is 1. The van der Waals surface area contributed by atoms with Gasteiger partial charge in [0.1, 0.15) is 5.75 Å². The molecule has 2 atom stereocenters. The lowest BCUT2D eigenvalue weighted by atomic mass is 10.1. The van der Waals surface area contributed by atoms with Crippen LogP contribution in [0, 0.1) is 0 Å².